The predicted octanol–water partition coefficient (Wildman–Crippen LogP) is 4.07. The van der Waals surface area contributed by atoms with Crippen molar-refractivity contribution in [3.05, 3.63) is 35.5 Å². The molecular formula is C21H30O3. The number of hydrogen-bond acceptors (Lipinski definition) is 3. The van der Waals surface area contributed by atoms with Crippen LogP contribution in [0.2, 0.25) is 0 Å². The summed E-state index contributed by atoms with van der Waals surface area (Å²) in [5, 5.41) is 20.0. The van der Waals surface area contributed by atoms with Gasteiger partial charge in [0.1, 0.15) is 5.78 Å². The van der Waals surface area contributed by atoms with Gasteiger partial charge in [-0.2, -0.15) is 0 Å². The lowest BCUT2D eigenvalue weighted by atomic mass is 9.63. The number of rotatable bonds is 2. The third kappa shape index (κ3) is 2.93. The minimum atomic E-state index is -1.75. The maximum absolute atomic E-state index is 12.0. The van der Waals surface area contributed by atoms with Crippen LogP contribution in [-0.4, -0.2) is 21.8 Å². The molecule has 0 unspecified atom stereocenters. The number of allylic oxidation sites excluding steroid dienone is 3. The Bertz CT molecular complexity index is 611. The van der Waals surface area contributed by atoms with Gasteiger partial charge in [0, 0.05) is 17.9 Å². The fourth-order valence-corrected chi connectivity index (χ4v) is 5.38. The molecule has 24 heavy (non-hydrogen) atoms. The molecule has 3 heteroatoms. The molecule has 0 heterocycles. The van der Waals surface area contributed by atoms with E-state index in [0.717, 1.165) is 50.5 Å². The van der Waals surface area contributed by atoms with E-state index in [4.69, 9.17) is 0 Å². The molecule has 0 saturated heterocycles. The molecular weight excluding hydrogens is 300 g/mol. The Balaban J connectivity index is 1.85. The second kappa shape index (κ2) is 6.27. The molecule has 0 radical (unpaired) electrons. The van der Waals surface area contributed by atoms with Crippen molar-refractivity contribution in [1.82, 2.24) is 0 Å². The molecule has 3 nitrogen and oxygen atoms in total. The van der Waals surface area contributed by atoms with Gasteiger partial charge >= 0.3 is 0 Å². The first kappa shape index (κ1) is 17.6. The molecule has 0 aromatic rings. The number of carbonyl (C=O) groups excluding carboxylic acids is 1. The van der Waals surface area contributed by atoms with Crippen molar-refractivity contribution >= 4 is 5.78 Å². The van der Waals surface area contributed by atoms with Crippen molar-refractivity contribution in [2.75, 3.05) is 0 Å². The lowest BCUT2D eigenvalue weighted by molar-refractivity contribution is -0.136. The maximum atomic E-state index is 12.0. The highest BCUT2D eigenvalue weighted by atomic mass is 16.5. The predicted molar refractivity (Wildman–Crippen MR) is 95.2 cm³/mol. The highest BCUT2D eigenvalue weighted by molar-refractivity contribution is 5.79. The molecule has 0 aromatic carbocycles. The van der Waals surface area contributed by atoms with Gasteiger partial charge < -0.3 is 10.2 Å². The molecule has 3 saturated carbocycles. The molecule has 132 valence electrons. The second-order valence-electron chi connectivity index (χ2n) is 8.23. The first-order valence-electron chi connectivity index (χ1n) is 9.30. The van der Waals surface area contributed by atoms with Crippen LogP contribution in [0.5, 0.6) is 0 Å². The average molecular weight is 330 g/mol. The number of aliphatic hydroxyl groups is 2. The average Bonchev–Trinajstić information content (AvgIpc) is 2.86. The first-order valence-corrected chi connectivity index (χ1v) is 9.30. The molecule has 0 aliphatic heterocycles. The molecule has 3 rings (SSSR count). The largest absolute Gasteiger partial charge is 0.362 e. The van der Waals surface area contributed by atoms with Gasteiger partial charge in [0.05, 0.1) is 0 Å². The molecule has 0 bridgehead atoms. The highest BCUT2D eigenvalue weighted by Crippen LogP contribution is 2.57. The summed E-state index contributed by atoms with van der Waals surface area (Å²) in [6.07, 6.45) is 11.7. The summed E-state index contributed by atoms with van der Waals surface area (Å²) >= 11 is 0. The van der Waals surface area contributed by atoms with Gasteiger partial charge in [-0.1, -0.05) is 31.2 Å². The van der Waals surface area contributed by atoms with Crippen molar-refractivity contribution < 1.29 is 15.0 Å². The molecule has 0 amide bonds. The first-order chi connectivity index (χ1) is 11.3. The summed E-state index contributed by atoms with van der Waals surface area (Å²) in [6.45, 7) is 7.92. The number of Topliss-reactive ketones (excluding diaryl/α,β-unsaturated/α-hetero) is 1. The van der Waals surface area contributed by atoms with E-state index < -0.39 is 5.79 Å². The van der Waals surface area contributed by atoms with Crippen LogP contribution in [-0.2, 0) is 4.79 Å². The zero-order chi connectivity index (χ0) is 17.5. The minimum absolute atomic E-state index is 0.107. The second-order valence-corrected chi connectivity index (χ2v) is 8.23. The number of hydrogen-bond donors (Lipinski definition) is 2. The fraction of sp³-hybridized carbons (Fsp3) is 0.667. The van der Waals surface area contributed by atoms with Crippen LogP contribution in [0.15, 0.2) is 35.5 Å². The summed E-state index contributed by atoms with van der Waals surface area (Å²) < 4.78 is 0. The standard InChI is InChI=1S/C21H30O3/c1-14-16(6-5-13-21(14,23)24)8-9-17-7-4-12-20(3)18(15(2)22)10-11-19(17)20/h8-9,18-19,23-24H,1,4-7,10-13H2,2-3H3/b16-8-,17-9+/t18-,19-,20+/m0/s1. The number of fused-ring (bicyclic) bond motifs is 1. The van der Waals surface area contributed by atoms with Gasteiger partial charge in [-0.05, 0) is 68.8 Å². The van der Waals surface area contributed by atoms with E-state index in [0.29, 0.717) is 23.7 Å². The third-order valence-corrected chi connectivity index (χ3v) is 6.80. The van der Waals surface area contributed by atoms with Gasteiger partial charge in [0.2, 0.25) is 0 Å². The van der Waals surface area contributed by atoms with Crippen LogP contribution in [0.3, 0.4) is 0 Å². The van der Waals surface area contributed by atoms with Gasteiger partial charge in [0.25, 0.3) is 0 Å². The zero-order valence-corrected chi connectivity index (χ0v) is 15.0. The summed E-state index contributed by atoms with van der Waals surface area (Å²) in [5.74, 6) is -0.727. The Morgan fingerprint density at radius 3 is 2.58 bits per heavy atom. The monoisotopic (exact) mass is 330 g/mol. The Kier molecular flexibility index (Phi) is 4.61. The van der Waals surface area contributed by atoms with Crippen molar-refractivity contribution in [3.63, 3.8) is 0 Å². The van der Waals surface area contributed by atoms with E-state index in [-0.39, 0.29) is 11.3 Å². The van der Waals surface area contributed by atoms with Gasteiger partial charge in [-0.25, -0.2) is 0 Å². The van der Waals surface area contributed by atoms with Gasteiger partial charge in [0.15, 0.2) is 5.79 Å². The number of carbonyl (C=O) groups is 1. The smallest absolute Gasteiger partial charge is 0.189 e. The van der Waals surface area contributed by atoms with Crippen LogP contribution >= 0.6 is 0 Å². The van der Waals surface area contributed by atoms with E-state index in [9.17, 15) is 15.0 Å². The molecule has 0 aromatic heterocycles. The van der Waals surface area contributed by atoms with Gasteiger partial charge in [-0.15, -0.1) is 0 Å². The summed E-state index contributed by atoms with van der Waals surface area (Å²) in [7, 11) is 0. The zero-order valence-electron chi connectivity index (χ0n) is 15.0. The molecule has 0 spiro atoms. The van der Waals surface area contributed by atoms with Crippen molar-refractivity contribution in [2.24, 2.45) is 17.3 Å². The van der Waals surface area contributed by atoms with Crippen molar-refractivity contribution in [3.8, 4) is 0 Å². The topological polar surface area (TPSA) is 57.5 Å². The molecule has 3 atom stereocenters. The SMILES string of the molecule is C=C1/C(=C\C=C2/CCC[C@]3(C)[C@H](C(C)=O)CC[C@@H]23)CCCC1(O)O. The summed E-state index contributed by atoms with van der Waals surface area (Å²) in [6, 6.07) is 0. The van der Waals surface area contributed by atoms with Crippen LogP contribution in [0, 0.1) is 17.3 Å². The Hall–Kier alpha value is -1.19. The van der Waals surface area contributed by atoms with E-state index >= 15 is 0 Å². The van der Waals surface area contributed by atoms with Crippen LogP contribution in [0.25, 0.3) is 0 Å². The number of ketones is 1. The third-order valence-electron chi connectivity index (χ3n) is 6.80. The Morgan fingerprint density at radius 1 is 1.17 bits per heavy atom. The fourth-order valence-electron chi connectivity index (χ4n) is 5.38. The summed E-state index contributed by atoms with van der Waals surface area (Å²) in [4.78, 5) is 12.0. The lowest BCUT2D eigenvalue weighted by Gasteiger charge is -2.41. The Morgan fingerprint density at radius 2 is 1.88 bits per heavy atom. The maximum Gasteiger partial charge on any atom is 0.189 e. The van der Waals surface area contributed by atoms with E-state index in [1.807, 2.05) is 6.08 Å². The van der Waals surface area contributed by atoms with Crippen LogP contribution in [0.1, 0.15) is 65.2 Å². The molecule has 2 N–H and O–H groups in total. The van der Waals surface area contributed by atoms with E-state index in [1.54, 1.807) is 6.92 Å². The molecule has 3 aliphatic carbocycles. The van der Waals surface area contributed by atoms with Crippen LogP contribution < -0.4 is 0 Å². The highest BCUT2D eigenvalue weighted by Gasteiger charge is 2.50. The van der Waals surface area contributed by atoms with Crippen molar-refractivity contribution in [2.45, 2.75) is 71.0 Å². The van der Waals surface area contributed by atoms with Gasteiger partial charge in [-0.3, -0.25) is 4.79 Å². The quantitative estimate of drug-likeness (QED) is 0.751. The van der Waals surface area contributed by atoms with Crippen LogP contribution in [0.4, 0.5) is 0 Å². The summed E-state index contributed by atoms with van der Waals surface area (Å²) in [5.41, 5.74) is 2.93. The normalized spacial score (nSPS) is 39.2. The Labute approximate surface area is 145 Å². The minimum Gasteiger partial charge on any atom is -0.362 e. The lowest BCUT2D eigenvalue weighted by Crippen LogP contribution is -2.36. The molecule has 3 fully saturated rings. The van der Waals surface area contributed by atoms with Crippen molar-refractivity contribution in [1.29, 1.82) is 0 Å². The van der Waals surface area contributed by atoms with E-state index in [1.165, 1.54) is 5.57 Å². The van der Waals surface area contributed by atoms with E-state index in [2.05, 4.69) is 19.6 Å². The molecule has 3 aliphatic rings.